The fraction of sp³-hybridized carbons (Fsp3) is 0.611. The number of halogens is 1. The van der Waals surface area contributed by atoms with Crippen molar-refractivity contribution in [3.63, 3.8) is 0 Å². The molecule has 1 aromatic rings. The van der Waals surface area contributed by atoms with E-state index in [1.54, 1.807) is 0 Å². The van der Waals surface area contributed by atoms with Gasteiger partial charge in [-0.05, 0) is 31.7 Å². The summed E-state index contributed by atoms with van der Waals surface area (Å²) < 4.78 is 5.85. The summed E-state index contributed by atoms with van der Waals surface area (Å²) in [7, 11) is 0. The van der Waals surface area contributed by atoms with Crippen LogP contribution in [0, 0.1) is 0 Å². The summed E-state index contributed by atoms with van der Waals surface area (Å²) in [4.78, 5) is 6.72. The van der Waals surface area contributed by atoms with Crippen LogP contribution in [0.25, 0.3) is 0 Å². The van der Waals surface area contributed by atoms with Gasteiger partial charge in [0.1, 0.15) is 0 Å². The zero-order valence-electron chi connectivity index (χ0n) is 14.1. The molecule has 2 rings (SSSR count). The minimum atomic E-state index is 0. The Morgan fingerprint density at radius 3 is 2.48 bits per heavy atom. The highest BCUT2D eigenvalue weighted by molar-refractivity contribution is 14.0. The van der Waals surface area contributed by atoms with Crippen molar-refractivity contribution in [2.24, 2.45) is 10.7 Å². The summed E-state index contributed by atoms with van der Waals surface area (Å²) in [5.41, 5.74) is 7.30. The number of nitrogens with two attached hydrogens (primary N) is 1. The quantitative estimate of drug-likeness (QED) is 0.321. The van der Waals surface area contributed by atoms with E-state index in [0.717, 1.165) is 26.1 Å². The van der Waals surface area contributed by atoms with Crippen LogP contribution in [0.3, 0.4) is 0 Å². The lowest BCUT2D eigenvalue weighted by Gasteiger charge is -2.21. The molecule has 0 aromatic heterocycles. The predicted molar refractivity (Wildman–Crippen MR) is 107 cm³/mol. The second kappa shape index (κ2) is 11.7. The minimum Gasteiger partial charge on any atom is -0.374 e. The van der Waals surface area contributed by atoms with Crippen molar-refractivity contribution in [2.45, 2.75) is 45.1 Å². The van der Waals surface area contributed by atoms with Gasteiger partial charge in [-0.25, -0.2) is 0 Å². The number of hydrogen-bond acceptors (Lipinski definition) is 2. The lowest BCUT2D eigenvalue weighted by molar-refractivity contribution is 0.0652. The Kier molecular flexibility index (Phi) is 10.3. The van der Waals surface area contributed by atoms with Gasteiger partial charge >= 0.3 is 0 Å². The molecule has 1 fully saturated rings. The molecule has 1 saturated heterocycles. The molecule has 0 radical (unpaired) electrons. The topological polar surface area (TPSA) is 50.9 Å². The number of aliphatic imine (C=N–C) groups is 1. The van der Waals surface area contributed by atoms with Crippen molar-refractivity contribution in [3.8, 4) is 0 Å². The Morgan fingerprint density at radius 1 is 1.17 bits per heavy atom. The van der Waals surface area contributed by atoms with Gasteiger partial charge in [0.25, 0.3) is 0 Å². The highest BCUT2D eigenvalue weighted by Crippen LogP contribution is 2.15. The van der Waals surface area contributed by atoms with E-state index in [-0.39, 0.29) is 30.1 Å². The van der Waals surface area contributed by atoms with Crippen LogP contribution in [0.4, 0.5) is 0 Å². The molecule has 1 heterocycles. The summed E-state index contributed by atoms with van der Waals surface area (Å²) in [6, 6.07) is 10.3. The number of rotatable bonds is 6. The van der Waals surface area contributed by atoms with Crippen LogP contribution in [0.5, 0.6) is 0 Å². The van der Waals surface area contributed by atoms with Crippen molar-refractivity contribution in [2.75, 3.05) is 26.2 Å². The van der Waals surface area contributed by atoms with Gasteiger partial charge in [0.15, 0.2) is 5.96 Å². The Morgan fingerprint density at radius 2 is 1.83 bits per heavy atom. The van der Waals surface area contributed by atoms with Gasteiger partial charge in [-0.3, -0.25) is 4.99 Å². The molecule has 0 aliphatic carbocycles. The van der Waals surface area contributed by atoms with E-state index in [9.17, 15) is 0 Å². The van der Waals surface area contributed by atoms with Crippen LogP contribution in [0.15, 0.2) is 35.3 Å². The van der Waals surface area contributed by atoms with Gasteiger partial charge in [-0.1, -0.05) is 43.2 Å². The third-order valence-corrected chi connectivity index (χ3v) is 4.14. The van der Waals surface area contributed by atoms with Crippen molar-refractivity contribution >= 4 is 29.9 Å². The number of nitrogens with zero attached hydrogens (tertiary/aromatic N) is 2. The maximum absolute atomic E-state index is 6.09. The number of guanidine groups is 1. The second-order valence-electron chi connectivity index (χ2n) is 5.92. The molecule has 1 unspecified atom stereocenters. The van der Waals surface area contributed by atoms with Crippen LogP contribution in [0.1, 0.15) is 50.7 Å². The zero-order chi connectivity index (χ0) is 15.6. The standard InChI is InChI=1S/C18H29N3O.HI/c1-16(17-10-5-4-6-11-17)22-15-9-12-20-18(19)21-13-7-2-3-8-14-21;/h4-6,10-11,16H,2-3,7-9,12-15H2,1H3,(H2,19,20);1H. The second-order valence-corrected chi connectivity index (χ2v) is 5.92. The van der Waals surface area contributed by atoms with Crippen molar-refractivity contribution < 1.29 is 4.74 Å². The normalized spacial score (nSPS) is 17.3. The third kappa shape index (κ3) is 7.52. The molecular weight excluding hydrogens is 401 g/mol. The highest BCUT2D eigenvalue weighted by atomic mass is 127. The lowest BCUT2D eigenvalue weighted by Crippen LogP contribution is -2.38. The van der Waals surface area contributed by atoms with Gasteiger partial charge in [0, 0.05) is 26.2 Å². The van der Waals surface area contributed by atoms with Crippen LogP contribution >= 0.6 is 24.0 Å². The summed E-state index contributed by atoms with van der Waals surface area (Å²) >= 11 is 0. The molecule has 23 heavy (non-hydrogen) atoms. The molecule has 130 valence electrons. The average molecular weight is 431 g/mol. The van der Waals surface area contributed by atoms with Crippen LogP contribution in [0.2, 0.25) is 0 Å². The molecule has 1 atom stereocenters. The van der Waals surface area contributed by atoms with Crippen LogP contribution < -0.4 is 5.73 Å². The smallest absolute Gasteiger partial charge is 0.191 e. The molecule has 1 aliphatic heterocycles. The first-order valence-electron chi connectivity index (χ1n) is 8.49. The predicted octanol–water partition coefficient (Wildman–Crippen LogP) is 3.96. The van der Waals surface area contributed by atoms with E-state index in [4.69, 9.17) is 10.5 Å². The molecular formula is C18H30IN3O. The molecule has 4 nitrogen and oxygen atoms in total. The fourth-order valence-electron chi connectivity index (χ4n) is 2.74. The van der Waals surface area contributed by atoms with E-state index in [1.807, 2.05) is 18.2 Å². The van der Waals surface area contributed by atoms with E-state index in [0.29, 0.717) is 12.6 Å². The van der Waals surface area contributed by atoms with E-state index >= 15 is 0 Å². The van der Waals surface area contributed by atoms with Gasteiger partial charge in [-0.15, -0.1) is 24.0 Å². The number of likely N-dealkylation sites (tertiary alicyclic amines) is 1. The lowest BCUT2D eigenvalue weighted by atomic mass is 10.1. The minimum absolute atomic E-state index is 0. The summed E-state index contributed by atoms with van der Waals surface area (Å²) in [6.45, 7) is 5.65. The Balaban J connectivity index is 0.00000264. The molecule has 0 amide bonds. The molecule has 2 N–H and O–H groups in total. The van der Waals surface area contributed by atoms with Gasteiger partial charge in [-0.2, -0.15) is 0 Å². The SMILES string of the molecule is CC(OCCCN=C(N)N1CCCCCC1)c1ccccc1.I. The molecule has 0 saturated carbocycles. The number of benzene rings is 1. The largest absolute Gasteiger partial charge is 0.374 e. The van der Waals surface area contributed by atoms with Crippen LogP contribution in [-0.4, -0.2) is 37.1 Å². The molecule has 0 bridgehead atoms. The zero-order valence-corrected chi connectivity index (χ0v) is 16.4. The number of hydrogen-bond donors (Lipinski definition) is 1. The summed E-state index contributed by atoms with van der Waals surface area (Å²) in [5, 5.41) is 0. The van der Waals surface area contributed by atoms with E-state index in [2.05, 4.69) is 28.9 Å². The maximum Gasteiger partial charge on any atom is 0.191 e. The van der Waals surface area contributed by atoms with Gasteiger partial charge in [0.05, 0.1) is 6.10 Å². The Hall–Kier alpha value is -0.820. The average Bonchev–Trinajstić information content (AvgIpc) is 2.84. The monoisotopic (exact) mass is 431 g/mol. The molecule has 1 aliphatic rings. The van der Waals surface area contributed by atoms with Crippen molar-refractivity contribution in [3.05, 3.63) is 35.9 Å². The Bertz CT molecular complexity index is 445. The highest BCUT2D eigenvalue weighted by Gasteiger charge is 2.10. The molecule has 0 spiro atoms. The third-order valence-electron chi connectivity index (χ3n) is 4.14. The fourth-order valence-corrected chi connectivity index (χ4v) is 2.74. The van der Waals surface area contributed by atoms with E-state index in [1.165, 1.54) is 31.2 Å². The molecule has 5 heteroatoms. The van der Waals surface area contributed by atoms with Crippen molar-refractivity contribution in [1.29, 1.82) is 0 Å². The van der Waals surface area contributed by atoms with E-state index < -0.39 is 0 Å². The first-order valence-corrected chi connectivity index (χ1v) is 8.49. The first kappa shape index (κ1) is 20.2. The number of ether oxygens (including phenoxy) is 1. The van der Waals surface area contributed by atoms with Gasteiger partial charge < -0.3 is 15.4 Å². The maximum atomic E-state index is 6.09. The summed E-state index contributed by atoms with van der Waals surface area (Å²) in [6.07, 6.45) is 6.13. The first-order chi connectivity index (χ1) is 10.8. The molecule has 1 aromatic carbocycles. The Labute approximate surface area is 157 Å². The summed E-state index contributed by atoms with van der Waals surface area (Å²) in [5.74, 6) is 0.706. The van der Waals surface area contributed by atoms with Crippen LogP contribution in [-0.2, 0) is 4.74 Å². The van der Waals surface area contributed by atoms with Gasteiger partial charge in [0.2, 0.25) is 0 Å². The van der Waals surface area contributed by atoms with Crippen molar-refractivity contribution in [1.82, 2.24) is 4.90 Å².